The van der Waals surface area contributed by atoms with Crippen molar-refractivity contribution in [3.05, 3.63) is 63.6 Å². The third kappa shape index (κ3) is 3.36. The molecule has 0 heterocycles. The van der Waals surface area contributed by atoms with Crippen LogP contribution in [0, 0.1) is 18.3 Å². The van der Waals surface area contributed by atoms with E-state index in [-0.39, 0.29) is 6.04 Å². The number of rotatable bonds is 3. The Labute approximate surface area is 122 Å². The van der Waals surface area contributed by atoms with Crippen molar-refractivity contribution in [1.82, 2.24) is 0 Å². The van der Waals surface area contributed by atoms with Crippen LogP contribution in [0.5, 0.6) is 0 Å². The molecule has 19 heavy (non-hydrogen) atoms. The molecular weight excluding hydrogens is 300 g/mol. The lowest BCUT2D eigenvalue weighted by atomic mass is 10.0. The minimum absolute atomic E-state index is 0.160. The van der Waals surface area contributed by atoms with E-state index in [1.807, 2.05) is 18.2 Å². The Morgan fingerprint density at radius 1 is 1.21 bits per heavy atom. The molecular formula is C16H15BrN2. The van der Waals surface area contributed by atoms with E-state index in [1.54, 1.807) is 0 Å². The van der Waals surface area contributed by atoms with Gasteiger partial charge in [0.05, 0.1) is 11.3 Å². The summed E-state index contributed by atoms with van der Waals surface area (Å²) in [5.41, 5.74) is 3.96. The Bertz CT molecular complexity index is 629. The predicted molar refractivity (Wildman–Crippen MR) is 82.1 cm³/mol. The van der Waals surface area contributed by atoms with Gasteiger partial charge >= 0.3 is 0 Å². The molecule has 2 aromatic carbocycles. The molecule has 0 spiro atoms. The van der Waals surface area contributed by atoms with Crippen LogP contribution in [-0.2, 0) is 0 Å². The number of anilines is 1. The van der Waals surface area contributed by atoms with Crippen LogP contribution >= 0.6 is 15.9 Å². The fourth-order valence-corrected chi connectivity index (χ4v) is 2.35. The van der Waals surface area contributed by atoms with Crippen LogP contribution in [0.3, 0.4) is 0 Å². The maximum atomic E-state index is 9.16. The van der Waals surface area contributed by atoms with Crippen molar-refractivity contribution in [2.24, 2.45) is 0 Å². The first-order valence-corrected chi connectivity index (χ1v) is 6.92. The first-order chi connectivity index (χ1) is 9.10. The smallest absolute Gasteiger partial charge is 0.101 e. The van der Waals surface area contributed by atoms with Crippen LogP contribution in [0.2, 0.25) is 0 Å². The minimum atomic E-state index is 0.160. The first kappa shape index (κ1) is 13.6. The lowest BCUT2D eigenvalue weighted by Gasteiger charge is -2.17. The first-order valence-electron chi connectivity index (χ1n) is 6.13. The number of nitriles is 1. The summed E-state index contributed by atoms with van der Waals surface area (Å²) in [7, 11) is 0. The molecule has 1 N–H and O–H groups in total. The van der Waals surface area contributed by atoms with Gasteiger partial charge in [-0.3, -0.25) is 0 Å². The highest BCUT2D eigenvalue weighted by Crippen LogP contribution is 2.25. The minimum Gasteiger partial charge on any atom is -0.377 e. The van der Waals surface area contributed by atoms with E-state index >= 15 is 0 Å². The van der Waals surface area contributed by atoms with Gasteiger partial charge in [0.2, 0.25) is 0 Å². The second-order valence-electron chi connectivity index (χ2n) is 4.58. The SMILES string of the molecule is Cc1cccc(C(C)Nc2ccc(Br)cc2C#N)c1. The van der Waals surface area contributed by atoms with Gasteiger partial charge in [-0.2, -0.15) is 5.26 Å². The third-order valence-corrected chi connectivity index (χ3v) is 3.51. The molecule has 0 saturated carbocycles. The van der Waals surface area contributed by atoms with Gasteiger partial charge in [0.15, 0.2) is 0 Å². The maximum Gasteiger partial charge on any atom is 0.101 e. The number of hydrogen-bond acceptors (Lipinski definition) is 2. The molecule has 1 atom stereocenters. The molecule has 0 bridgehead atoms. The van der Waals surface area contributed by atoms with Gasteiger partial charge in [-0.15, -0.1) is 0 Å². The molecule has 0 aliphatic carbocycles. The van der Waals surface area contributed by atoms with Crippen molar-refractivity contribution in [2.45, 2.75) is 19.9 Å². The molecule has 1 unspecified atom stereocenters. The molecule has 0 aromatic heterocycles. The zero-order chi connectivity index (χ0) is 13.8. The fraction of sp³-hybridized carbons (Fsp3) is 0.188. The Morgan fingerprint density at radius 3 is 2.68 bits per heavy atom. The number of hydrogen-bond donors (Lipinski definition) is 1. The number of aryl methyl sites for hydroxylation is 1. The van der Waals surface area contributed by atoms with Crippen LogP contribution in [0.15, 0.2) is 46.9 Å². The molecule has 2 rings (SSSR count). The monoisotopic (exact) mass is 314 g/mol. The van der Waals surface area contributed by atoms with Gasteiger partial charge in [0, 0.05) is 10.5 Å². The molecule has 3 heteroatoms. The zero-order valence-electron chi connectivity index (χ0n) is 10.9. The van der Waals surface area contributed by atoms with Gasteiger partial charge in [0.1, 0.15) is 6.07 Å². The summed E-state index contributed by atoms with van der Waals surface area (Å²) >= 11 is 3.38. The number of nitrogens with one attached hydrogen (secondary N) is 1. The molecule has 96 valence electrons. The average Bonchev–Trinajstić information content (AvgIpc) is 2.40. The largest absolute Gasteiger partial charge is 0.377 e. The molecule has 2 nitrogen and oxygen atoms in total. The summed E-state index contributed by atoms with van der Waals surface area (Å²) < 4.78 is 0.915. The van der Waals surface area contributed by atoms with Gasteiger partial charge in [-0.05, 0) is 37.6 Å². The lowest BCUT2D eigenvalue weighted by molar-refractivity contribution is 0.882. The fourth-order valence-electron chi connectivity index (χ4n) is 1.99. The molecule has 0 saturated heterocycles. The summed E-state index contributed by atoms with van der Waals surface area (Å²) in [6.07, 6.45) is 0. The second-order valence-corrected chi connectivity index (χ2v) is 5.50. The second kappa shape index (κ2) is 5.90. The van der Waals surface area contributed by atoms with Crippen molar-refractivity contribution < 1.29 is 0 Å². The van der Waals surface area contributed by atoms with Gasteiger partial charge < -0.3 is 5.32 Å². The third-order valence-electron chi connectivity index (χ3n) is 3.02. The van der Waals surface area contributed by atoms with Crippen LogP contribution in [0.4, 0.5) is 5.69 Å². The topological polar surface area (TPSA) is 35.8 Å². The highest BCUT2D eigenvalue weighted by atomic mass is 79.9. The van der Waals surface area contributed by atoms with Crippen molar-refractivity contribution in [2.75, 3.05) is 5.32 Å². The summed E-state index contributed by atoms with van der Waals surface area (Å²) in [5.74, 6) is 0. The van der Waals surface area contributed by atoms with Gasteiger partial charge in [0.25, 0.3) is 0 Å². The Morgan fingerprint density at radius 2 is 2.00 bits per heavy atom. The van der Waals surface area contributed by atoms with Crippen LogP contribution < -0.4 is 5.32 Å². The van der Waals surface area contributed by atoms with Crippen LogP contribution in [0.1, 0.15) is 29.7 Å². The van der Waals surface area contributed by atoms with E-state index in [2.05, 4.69) is 65.4 Å². The summed E-state index contributed by atoms with van der Waals surface area (Å²) in [4.78, 5) is 0. The molecule has 2 aromatic rings. The molecule has 0 fully saturated rings. The van der Waals surface area contributed by atoms with E-state index in [9.17, 15) is 0 Å². The normalized spacial score (nSPS) is 11.7. The van der Waals surface area contributed by atoms with E-state index in [1.165, 1.54) is 11.1 Å². The summed E-state index contributed by atoms with van der Waals surface area (Å²) in [6, 6.07) is 16.4. The molecule has 0 aliphatic rings. The number of nitrogens with zero attached hydrogens (tertiary/aromatic N) is 1. The van der Waals surface area contributed by atoms with Crippen LogP contribution in [0.25, 0.3) is 0 Å². The van der Waals surface area contributed by atoms with Gasteiger partial charge in [-0.25, -0.2) is 0 Å². The zero-order valence-corrected chi connectivity index (χ0v) is 12.5. The van der Waals surface area contributed by atoms with E-state index in [0.717, 1.165) is 10.2 Å². The van der Waals surface area contributed by atoms with Crippen molar-refractivity contribution >= 4 is 21.6 Å². The van der Waals surface area contributed by atoms with E-state index in [4.69, 9.17) is 5.26 Å². The number of halogens is 1. The summed E-state index contributed by atoms with van der Waals surface area (Å²) in [6.45, 7) is 4.18. The summed E-state index contributed by atoms with van der Waals surface area (Å²) in [5, 5.41) is 12.5. The Hall–Kier alpha value is -1.79. The van der Waals surface area contributed by atoms with Crippen molar-refractivity contribution in [3.8, 4) is 6.07 Å². The number of benzene rings is 2. The van der Waals surface area contributed by atoms with Gasteiger partial charge in [-0.1, -0.05) is 45.8 Å². The van der Waals surface area contributed by atoms with E-state index < -0.39 is 0 Å². The average molecular weight is 315 g/mol. The Kier molecular flexibility index (Phi) is 4.24. The standard InChI is InChI=1S/C16H15BrN2/c1-11-4-3-5-13(8-11)12(2)19-16-7-6-15(17)9-14(16)10-18/h3-9,12,19H,1-2H3. The van der Waals surface area contributed by atoms with E-state index in [0.29, 0.717) is 5.56 Å². The predicted octanol–water partition coefficient (Wildman–Crippen LogP) is 4.80. The van der Waals surface area contributed by atoms with Crippen LogP contribution in [-0.4, -0.2) is 0 Å². The van der Waals surface area contributed by atoms with Crippen molar-refractivity contribution in [3.63, 3.8) is 0 Å². The highest BCUT2D eigenvalue weighted by Gasteiger charge is 2.08. The molecule has 0 amide bonds. The maximum absolute atomic E-state index is 9.16. The Balaban J connectivity index is 2.24. The van der Waals surface area contributed by atoms with Crippen molar-refractivity contribution in [1.29, 1.82) is 5.26 Å². The molecule has 0 radical (unpaired) electrons. The quantitative estimate of drug-likeness (QED) is 0.883. The lowest BCUT2D eigenvalue weighted by Crippen LogP contribution is -2.08. The highest BCUT2D eigenvalue weighted by molar-refractivity contribution is 9.10. The molecule has 0 aliphatic heterocycles.